The minimum Gasteiger partial charge on any atom is -0.259 e. The fourth-order valence-electron chi connectivity index (χ4n) is 1.49. The standard InChI is InChI=1S/C12H12BrNOS2/c1-9-10(3-2-4-11(9)13)7-17(15)8-12-14-5-6-16-12/h2-6H,7-8H2,1H3/t17-/m1/s1. The second-order valence-corrected chi connectivity index (χ2v) is 6.97. The zero-order chi connectivity index (χ0) is 12.3. The van der Waals surface area contributed by atoms with Gasteiger partial charge in [0.2, 0.25) is 0 Å². The van der Waals surface area contributed by atoms with Crippen LogP contribution in [0.4, 0.5) is 0 Å². The Morgan fingerprint density at radius 2 is 2.24 bits per heavy atom. The van der Waals surface area contributed by atoms with E-state index in [1.54, 1.807) is 17.5 Å². The molecule has 0 saturated carbocycles. The Balaban J connectivity index is 2.06. The SMILES string of the molecule is Cc1c(Br)cccc1C[S@@](=O)Cc1nccs1. The smallest absolute Gasteiger partial charge is 0.105 e. The fourth-order valence-corrected chi connectivity index (χ4v) is 4.08. The first-order chi connectivity index (χ1) is 8.16. The number of benzene rings is 1. The van der Waals surface area contributed by atoms with Crippen molar-refractivity contribution < 1.29 is 4.21 Å². The molecule has 1 aromatic carbocycles. The molecule has 0 unspecified atom stereocenters. The van der Waals surface area contributed by atoms with Gasteiger partial charge in [-0.1, -0.05) is 28.1 Å². The lowest BCUT2D eigenvalue weighted by Crippen LogP contribution is -2.01. The molecule has 2 nitrogen and oxygen atoms in total. The van der Waals surface area contributed by atoms with E-state index in [-0.39, 0.29) is 0 Å². The highest BCUT2D eigenvalue weighted by Gasteiger charge is 2.08. The van der Waals surface area contributed by atoms with Crippen LogP contribution in [-0.2, 0) is 22.3 Å². The summed E-state index contributed by atoms with van der Waals surface area (Å²) in [5, 5.41) is 2.85. The van der Waals surface area contributed by atoms with Gasteiger partial charge in [0.1, 0.15) is 5.01 Å². The number of hydrogen-bond acceptors (Lipinski definition) is 3. The third kappa shape index (κ3) is 3.47. The van der Waals surface area contributed by atoms with Crippen LogP contribution >= 0.6 is 27.3 Å². The Hall–Kier alpha value is -0.520. The van der Waals surface area contributed by atoms with E-state index in [4.69, 9.17) is 0 Å². The average Bonchev–Trinajstić information content (AvgIpc) is 2.77. The summed E-state index contributed by atoms with van der Waals surface area (Å²) in [4.78, 5) is 4.15. The molecule has 0 radical (unpaired) electrons. The number of halogens is 1. The highest BCUT2D eigenvalue weighted by Crippen LogP contribution is 2.21. The van der Waals surface area contributed by atoms with E-state index in [0.29, 0.717) is 11.5 Å². The lowest BCUT2D eigenvalue weighted by Gasteiger charge is -2.06. The van der Waals surface area contributed by atoms with Crippen LogP contribution in [0.15, 0.2) is 34.2 Å². The van der Waals surface area contributed by atoms with Gasteiger partial charge < -0.3 is 0 Å². The maximum atomic E-state index is 12.0. The second kappa shape index (κ2) is 5.89. The lowest BCUT2D eigenvalue weighted by molar-refractivity contribution is 0.682. The summed E-state index contributed by atoms with van der Waals surface area (Å²) in [6.07, 6.45) is 1.75. The van der Waals surface area contributed by atoms with E-state index < -0.39 is 10.8 Å². The molecule has 17 heavy (non-hydrogen) atoms. The second-order valence-electron chi connectivity index (χ2n) is 3.68. The van der Waals surface area contributed by atoms with Gasteiger partial charge in [0.15, 0.2) is 0 Å². The molecular weight excluding hydrogens is 318 g/mol. The summed E-state index contributed by atoms with van der Waals surface area (Å²) in [6.45, 7) is 2.04. The number of aromatic nitrogens is 1. The third-order valence-electron chi connectivity index (χ3n) is 2.46. The zero-order valence-electron chi connectivity index (χ0n) is 9.35. The van der Waals surface area contributed by atoms with Crippen molar-refractivity contribution in [1.29, 1.82) is 0 Å². The van der Waals surface area contributed by atoms with Crippen molar-refractivity contribution in [1.82, 2.24) is 4.98 Å². The van der Waals surface area contributed by atoms with Crippen LogP contribution < -0.4 is 0 Å². The first kappa shape index (κ1) is 12.9. The van der Waals surface area contributed by atoms with E-state index in [1.807, 2.05) is 30.5 Å². The summed E-state index contributed by atoms with van der Waals surface area (Å²) in [7, 11) is -0.892. The van der Waals surface area contributed by atoms with Crippen LogP contribution in [0.2, 0.25) is 0 Å². The molecule has 2 rings (SSSR count). The first-order valence-electron chi connectivity index (χ1n) is 5.14. The molecule has 90 valence electrons. The van der Waals surface area contributed by atoms with Crippen molar-refractivity contribution in [2.45, 2.75) is 18.4 Å². The van der Waals surface area contributed by atoms with Crippen molar-refractivity contribution in [2.75, 3.05) is 0 Å². The van der Waals surface area contributed by atoms with E-state index in [1.165, 1.54) is 5.56 Å². The Labute approximate surface area is 116 Å². The monoisotopic (exact) mass is 329 g/mol. The minimum atomic E-state index is -0.892. The maximum absolute atomic E-state index is 12.0. The van der Waals surface area contributed by atoms with Crippen molar-refractivity contribution in [3.63, 3.8) is 0 Å². The Bertz CT molecular complexity index is 525. The quantitative estimate of drug-likeness (QED) is 0.856. The van der Waals surface area contributed by atoms with E-state index in [9.17, 15) is 4.21 Å². The zero-order valence-corrected chi connectivity index (χ0v) is 12.6. The highest BCUT2D eigenvalue weighted by atomic mass is 79.9. The van der Waals surface area contributed by atoms with E-state index in [2.05, 4.69) is 20.9 Å². The van der Waals surface area contributed by atoms with Gasteiger partial charge in [0, 0.05) is 32.6 Å². The van der Waals surface area contributed by atoms with Crippen molar-refractivity contribution >= 4 is 38.1 Å². The van der Waals surface area contributed by atoms with Crippen LogP contribution in [0.3, 0.4) is 0 Å². The number of thiazole rings is 1. The lowest BCUT2D eigenvalue weighted by atomic mass is 10.1. The van der Waals surface area contributed by atoms with Crippen LogP contribution in [0.1, 0.15) is 16.1 Å². The minimum absolute atomic E-state index is 0.545. The van der Waals surface area contributed by atoms with Gasteiger partial charge in [-0.2, -0.15) is 0 Å². The molecule has 1 heterocycles. The van der Waals surface area contributed by atoms with E-state index in [0.717, 1.165) is 15.0 Å². The molecule has 0 fully saturated rings. The van der Waals surface area contributed by atoms with Gasteiger partial charge in [-0.25, -0.2) is 4.98 Å². The van der Waals surface area contributed by atoms with Gasteiger partial charge in [-0.3, -0.25) is 4.21 Å². The largest absolute Gasteiger partial charge is 0.259 e. The summed E-state index contributed by atoms with van der Waals surface area (Å²) >= 11 is 5.04. The number of hydrogen-bond donors (Lipinski definition) is 0. The molecule has 2 aromatic rings. The topological polar surface area (TPSA) is 30.0 Å². The van der Waals surface area contributed by atoms with Crippen LogP contribution in [0.25, 0.3) is 0 Å². The Morgan fingerprint density at radius 1 is 1.41 bits per heavy atom. The summed E-state index contributed by atoms with van der Waals surface area (Å²) < 4.78 is 13.1. The third-order valence-corrected chi connectivity index (χ3v) is 5.51. The molecular formula is C12H12BrNOS2. The summed E-state index contributed by atoms with van der Waals surface area (Å²) in [5.41, 5.74) is 2.30. The Kier molecular flexibility index (Phi) is 4.48. The molecule has 1 aromatic heterocycles. The van der Waals surface area contributed by atoms with Gasteiger partial charge >= 0.3 is 0 Å². The number of rotatable bonds is 4. The molecule has 0 aliphatic rings. The normalized spacial score (nSPS) is 12.6. The molecule has 0 bridgehead atoms. The van der Waals surface area contributed by atoms with Crippen LogP contribution in [-0.4, -0.2) is 9.19 Å². The van der Waals surface area contributed by atoms with Gasteiger partial charge in [-0.15, -0.1) is 11.3 Å². The molecule has 0 amide bonds. The maximum Gasteiger partial charge on any atom is 0.105 e. The molecule has 0 aliphatic carbocycles. The average molecular weight is 330 g/mol. The van der Waals surface area contributed by atoms with Crippen molar-refractivity contribution in [3.8, 4) is 0 Å². The summed E-state index contributed by atoms with van der Waals surface area (Å²) in [5.74, 6) is 1.13. The number of nitrogens with zero attached hydrogens (tertiary/aromatic N) is 1. The van der Waals surface area contributed by atoms with Gasteiger partial charge in [0.25, 0.3) is 0 Å². The molecule has 0 spiro atoms. The van der Waals surface area contributed by atoms with Crippen LogP contribution in [0, 0.1) is 6.92 Å². The van der Waals surface area contributed by atoms with E-state index >= 15 is 0 Å². The molecule has 0 N–H and O–H groups in total. The predicted molar refractivity (Wildman–Crippen MR) is 76.5 cm³/mol. The summed E-state index contributed by atoms with van der Waals surface area (Å²) in [6, 6.07) is 6.01. The molecule has 5 heteroatoms. The van der Waals surface area contributed by atoms with Gasteiger partial charge in [0.05, 0.1) is 5.75 Å². The molecule has 0 saturated heterocycles. The Morgan fingerprint density at radius 3 is 2.94 bits per heavy atom. The first-order valence-corrected chi connectivity index (χ1v) is 8.30. The van der Waals surface area contributed by atoms with Crippen molar-refractivity contribution in [2.24, 2.45) is 0 Å². The molecule has 1 atom stereocenters. The fraction of sp³-hybridized carbons (Fsp3) is 0.250. The van der Waals surface area contributed by atoms with Crippen LogP contribution in [0.5, 0.6) is 0 Å². The van der Waals surface area contributed by atoms with Crippen molar-refractivity contribution in [3.05, 3.63) is 50.4 Å². The van der Waals surface area contributed by atoms with Gasteiger partial charge in [-0.05, 0) is 24.1 Å². The molecule has 0 aliphatic heterocycles. The highest BCUT2D eigenvalue weighted by molar-refractivity contribution is 9.10. The predicted octanol–water partition coefficient (Wildman–Crippen LogP) is 3.66.